The van der Waals surface area contributed by atoms with Crippen molar-refractivity contribution in [1.82, 2.24) is 5.32 Å². The van der Waals surface area contributed by atoms with Crippen LogP contribution < -0.4 is 5.32 Å². The van der Waals surface area contributed by atoms with Gasteiger partial charge in [-0.05, 0) is 47.1 Å². The molecule has 0 radical (unpaired) electrons. The van der Waals surface area contributed by atoms with Gasteiger partial charge in [0.15, 0.2) is 0 Å². The van der Waals surface area contributed by atoms with E-state index in [9.17, 15) is 0 Å². The Morgan fingerprint density at radius 2 is 2.00 bits per heavy atom. The summed E-state index contributed by atoms with van der Waals surface area (Å²) in [5.74, 6) is 1.00. The largest absolute Gasteiger partial charge is 0.458 e. The van der Waals surface area contributed by atoms with Crippen LogP contribution in [-0.2, 0) is 0 Å². The summed E-state index contributed by atoms with van der Waals surface area (Å²) in [7, 11) is 0. The summed E-state index contributed by atoms with van der Waals surface area (Å²) >= 11 is 7.02. The highest BCUT2D eigenvalue weighted by Gasteiger charge is 2.15. The summed E-state index contributed by atoms with van der Waals surface area (Å²) in [6.07, 6.45) is 1.02. The van der Waals surface area contributed by atoms with Crippen LogP contribution in [0.25, 0.3) is 11.0 Å². The summed E-state index contributed by atoms with van der Waals surface area (Å²) in [5.41, 5.74) is 0.916. The topological polar surface area (TPSA) is 25.2 Å². The molecule has 2 aromatic rings. The van der Waals surface area contributed by atoms with Gasteiger partial charge in [-0.25, -0.2) is 0 Å². The molecule has 0 bridgehead atoms. The average Bonchev–Trinajstić information content (AvgIpc) is 2.69. The third-order valence-corrected chi connectivity index (χ3v) is 3.80. The van der Waals surface area contributed by atoms with Crippen LogP contribution in [0.15, 0.2) is 31.6 Å². The summed E-state index contributed by atoms with van der Waals surface area (Å²) in [5, 5.41) is 4.55. The monoisotopic (exact) mass is 359 g/mol. The second-order valence-electron chi connectivity index (χ2n) is 3.97. The van der Waals surface area contributed by atoms with Gasteiger partial charge in [0.25, 0.3) is 0 Å². The predicted octanol–water partition coefficient (Wildman–Crippen LogP) is 5.02. The fourth-order valence-corrected chi connectivity index (χ4v) is 3.30. The molecule has 4 heteroatoms. The molecule has 1 unspecified atom stereocenters. The van der Waals surface area contributed by atoms with Crippen molar-refractivity contribution in [2.45, 2.75) is 26.3 Å². The number of benzene rings is 1. The zero-order valence-corrected chi connectivity index (χ0v) is 13.1. The highest BCUT2D eigenvalue weighted by Crippen LogP contribution is 2.33. The zero-order valence-electron chi connectivity index (χ0n) is 9.89. The molecular weight excluding hydrogens is 346 g/mol. The molecule has 1 atom stereocenters. The standard InChI is InChI=1S/C13H15Br2NO/c1-3-11(16-4-2)12-6-8-5-9(14)7-10(15)13(8)17-12/h5-7,11,16H,3-4H2,1-2H3. The van der Waals surface area contributed by atoms with Gasteiger partial charge in [0, 0.05) is 9.86 Å². The van der Waals surface area contributed by atoms with Gasteiger partial charge in [0.2, 0.25) is 0 Å². The highest BCUT2D eigenvalue weighted by molar-refractivity contribution is 9.11. The molecule has 0 amide bonds. The van der Waals surface area contributed by atoms with Crippen molar-refractivity contribution >= 4 is 42.8 Å². The van der Waals surface area contributed by atoms with E-state index in [1.165, 1.54) is 0 Å². The average molecular weight is 361 g/mol. The number of hydrogen-bond donors (Lipinski definition) is 1. The van der Waals surface area contributed by atoms with Crippen molar-refractivity contribution in [3.8, 4) is 0 Å². The number of rotatable bonds is 4. The molecule has 1 heterocycles. The van der Waals surface area contributed by atoms with Gasteiger partial charge in [0.05, 0.1) is 10.5 Å². The van der Waals surface area contributed by atoms with Crippen molar-refractivity contribution in [3.63, 3.8) is 0 Å². The molecule has 17 heavy (non-hydrogen) atoms. The molecule has 1 N–H and O–H groups in total. The molecule has 2 rings (SSSR count). The lowest BCUT2D eigenvalue weighted by Gasteiger charge is -2.12. The first-order valence-corrected chi connectivity index (χ1v) is 7.36. The van der Waals surface area contributed by atoms with E-state index < -0.39 is 0 Å². The Morgan fingerprint density at radius 1 is 1.24 bits per heavy atom. The van der Waals surface area contributed by atoms with Crippen LogP contribution >= 0.6 is 31.9 Å². The Bertz CT molecular complexity index is 521. The molecule has 0 fully saturated rings. The van der Waals surface area contributed by atoms with Gasteiger partial charge in [-0.2, -0.15) is 0 Å². The van der Waals surface area contributed by atoms with Gasteiger partial charge in [-0.1, -0.05) is 29.8 Å². The minimum Gasteiger partial charge on any atom is -0.458 e. The molecule has 92 valence electrons. The smallest absolute Gasteiger partial charge is 0.148 e. The molecule has 1 aromatic carbocycles. The Labute approximate surface area is 118 Å². The maximum absolute atomic E-state index is 5.93. The van der Waals surface area contributed by atoms with E-state index in [0.29, 0.717) is 0 Å². The fraction of sp³-hybridized carbons (Fsp3) is 0.385. The molecule has 0 aliphatic rings. The van der Waals surface area contributed by atoms with E-state index in [4.69, 9.17) is 4.42 Å². The molecular formula is C13H15Br2NO. The van der Waals surface area contributed by atoms with Crippen LogP contribution in [0.5, 0.6) is 0 Å². The van der Waals surface area contributed by atoms with E-state index in [-0.39, 0.29) is 6.04 Å². The second-order valence-corrected chi connectivity index (χ2v) is 5.74. The summed E-state index contributed by atoms with van der Waals surface area (Å²) in [6.45, 7) is 5.21. The summed E-state index contributed by atoms with van der Waals surface area (Å²) in [4.78, 5) is 0. The van der Waals surface area contributed by atoms with Gasteiger partial charge >= 0.3 is 0 Å². The lowest BCUT2D eigenvalue weighted by molar-refractivity contribution is 0.428. The van der Waals surface area contributed by atoms with Gasteiger partial charge < -0.3 is 9.73 Å². The number of nitrogens with one attached hydrogen (secondary N) is 1. The van der Waals surface area contributed by atoms with E-state index in [0.717, 1.165) is 38.6 Å². The van der Waals surface area contributed by atoms with E-state index >= 15 is 0 Å². The molecule has 0 saturated heterocycles. The van der Waals surface area contributed by atoms with Crippen molar-refractivity contribution in [1.29, 1.82) is 0 Å². The third kappa shape index (κ3) is 2.75. The molecule has 1 aromatic heterocycles. The predicted molar refractivity (Wildman–Crippen MR) is 78.3 cm³/mol. The van der Waals surface area contributed by atoms with Crippen molar-refractivity contribution in [3.05, 3.63) is 32.9 Å². The van der Waals surface area contributed by atoms with Crippen LogP contribution in [0.4, 0.5) is 0 Å². The van der Waals surface area contributed by atoms with Crippen molar-refractivity contribution < 1.29 is 4.42 Å². The molecule has 0 aliphatic heterocycles. The Balaban J connectivity index is 2.46. The second kappa shape index (κ2) is 5.55. The minimum atomic E-state index is 0.290. The van der Waals surface area contributed by atoms with E-state index in [1.54, 1.807) is 0 Å². The Hall–Kier alpha value is -0.320. The quantitative estimate of drug-likeness (QED) is 0.828. The van der Waals surface area contributed by atoms with E-state index in [2.05, 4.69) is 63.2 Å². The van der Waals surface area contributed by atoms with E-state index in [1.807, 2.05) is 6.07 Å². The lowest BCUT2D eigenvalue weighted by atomic mass is 10.1. The van der Waals surface area contributed by atoms with Crippen LogP contribution in [0, 0.1) is 0 Å². The van der Waals surface area contributed by atoms with Crippen molar-refractivity contribution in [2.24, 2.45) is 0 Å². The van der Waals surface area contributed by atoms with Gasteiger partial charge in [0.1, 0.15) is 11.3 Å². The lowest BCUT2D eigenvalue weighted by Crippen LogP contribution is -2.19. The van der Waals surface area contributed by atoms with Gasteiger partial charge in [-0.3, -0.25) is 0 Å². The zero-order chi connectivity index (χ0) is 12.4. The molecule has 0 aliphatic carbocycles. The van der Waals surface area contributed by atoms with Crippen molar-refractivity contribution in [2.75, 3.05) is 6.54 Å². The SMILES string of the molecule is CCNC(CC)c1cc2cc(Br)cc(Br)c2o1. The first-order chi connectivity index (χ1) is 8.15. The number of halogens is 2. The normalized spacial score (nSPS) is 13.2. The molecule has 0 saturated carbocycles. The van der Waals surface area contributed by atoms with Crippen LogP contribution in [0.3, 0.4) is 0 Å². The molecule has 2 nitrogen and oxygen atoms in total. The maximum Gasteiger partial charge on any atom is 0.148 e. The minimum absolute atomic E-state index is 0.290. The first-order valence-electron chi connectivity index (χ1n) is 5.77. The van der Waals surface area contributed by atoms with Crippen LogP contribution in [0.2, 0.25) is 0 Å². The number of fused-ring (bicyclic) bond motifs is 1. The molecule has 0 spiro atoms. The fourth-order valence-electron chi connectivity index (χ4n) is 1.96. The van der Waals surface area contributed by atoms with Crippen LogP contribution in [-0.4, -0.2) is 6.54 Å². The van der Waals surface area contributed by atoms with Crippen LogP contribution in [0.1, 0.15) is 32.1 Å². The Kier molecular flexibility index (Phi) is 4.28. The Morgan fingerprint density at radius 3 is 2.65 bits per heavy atom. The summed E-state index contributed by atoms with van der Waals surface area (Å²) in [6, 6.07) is 6.48. The van der Waals surface area contributed by atoms with Gasteiger partial charge in [-0.15, -0.1) is 0 Å². The third-order valence-electron chi connectivity index (χ3n) is 2.76. The maximum atomic E-state index is 5.93. The first kappa shape index (κ1) is 13.1. The highest BCUT2D eigenvalue weighted by atomic mass is 79.9. The summed E-state index contributed by atoms with van der Waals surface area (Å²) < 4.78 is 7.97. The number of furan rings is 1. The number of hydrogen-bond acceptors (Lipinski definition) is 2.